The number of carboxylic acids is 1. The summed E-state index contributed by atoms with van der Waals surface area (Å²) < 4.78 is 3.40. The summed E-state index contributed by atoms with van der Waals surface area (Å²) in [6, 6.07) is 0. The molecular formula is C10H14N6O2S. The summed E-state index contributed by atoms with van der Waals surface area (Å²) in [5, 5.41) is 21.1. The number of nitrogens with two attached hydrogens (primary N) is 1. The average Bonchev–Trinajstić information content (AvgIpc) is 2.82. The minimum absolute atomic E-state index is 0.0792. The third-order valence-electron chi connectivity index (χ3n) is 2.51. The third kappa shape index (κ3) is 3.05. The Kier molecular flexibility index (Phi) is 3.74. The van der Waals surface area contributed by atoms with E-state index in [4.69, 9.17) is 10.8 Å². The quantitative estimate of drug-likeness (QED) is 0.749. The molecule has 0 bridgehead atoms. The molecule has 9 heteroatoms. The highest BCUT2D eigenvalue weighted by molar-refractivity contribution is 7.99. The van der Waals surface area contributed by atoms with E-state index >= 15 is 0 Å². The van der Waals surface area contributed by atoms with Gasteiger partial charge in [0.1, 0.15) is 0 Å². The lowest BCUT2D eigenvalue weighted by atomic mass is 10.2. The first-order valence-electron chi connectivity index (χ1n) is 5.49. The van der Waals surface area contributed by atoms with Crippen molar-refractivity contribution in [3.05, 3.63) is 17.5 Å². The number of nitrogen functional groups attached to an aromatic ring is 1. The number of anilines is 1. The fourth-order valence-electron chi connectivity index (χ4n) is 1.66. The number of nitrogens with zero attached hydrogens (tertiary/aromatic N) is 5. The fourth-order valence-corrected chi connectivity index (χ4v) is 2.32. The van der Waals surface area contributed by atoms with Crippen molar-refractivity contribution in [3.63, 3.8) is 0 Å². The Morgan fingerprint density at radius 1 is 1.53 bits per heavy atom. The number of carboxylic acid groups (broad SMARTS) is 1. The first-order valence-corrected chi connectivity index (χ1v) is 6.48. The first-order chi connectivity index (χ1) is 8.97. The van der Waals surface area contributed by atoms with Crippen LogP contribution in [0.4, 0.5) is 5.95 Å². The lowest BCUT2D eigenvalue weighted by molar-refractivity contribution is -0.133. The van der Waals surface area contributed by atoms with Gasteiger partial charge in [-0.15, -0.1) is 10.2 Å². The van der Waals surface area contributed by atoms with E-state index < -0.39 is 5.97 Å². The van der Waals surface area contributed by atoms with Crippen LogP contribution in [-0.4, -0.2) is 41.4 Å². The molecule has 0 unspecified atom stereocenters. The van der Waals surface area contributed by atoms with Crippen LogP contribution >= 0.6 is 11.8 Å². The zero-order chi connectivity index (χ0) is 14.0. The lowest BCUT2D eigenvalue weighted by Gasteiger charge is -2.06. The molecule has 0 aliphatic carbocycles. The van der Waals surface area contributed by atoms with Crippen LogP contribution in [0.3, 0.4) is 0 Å². The number of rotatable bonds is 5. The highest BCUT2D eigenvalue weighted by atomic mass is 32.2. The van der Waals surface area contributed by atoms with Crippen LogP contribution in [-0.2, 0) is 18.4 Å². The summed E-state index contributed by atoms with van der Waals surface area (Å²) in [5.74, 6) is -0.726. The van der Waals surface area contributed by atoms with Crippen molar-refractivity contribution in [1.82, 2.24) is 24.5 Å². The van der Waals surface area contributed by atoms with Crippen LogP contribution in [0, 0.1) is 6.92 Å². The van der Waals surface area contributed by atoms with E-state index in [2.05, 4.69) is 15.3 Å². The van der Waals surface area contributed by atoms with Gasteiger partial charge in [0.15, 0.2) is 5.16 Å². The number of hydrogen-bond acceptors (Lipinski definition) is 6. The molecule has 0 saturated carbocycles. The molecule has 0 amide bonds. The van der Waals surface area contributed by atoms with Gasteiger partial charge in [0.05, 0.1) is 18.0 Å². The average molecular weight is 282 g/mol. The molecule has 2 rings (SSSR count). The standard InChI is InChI=1S/C10H14N6O2S/c1-6-7(3-15(2)14-6)4-16-9(11)12-13-10(16)19-5-8(17)18/h3H,4-5H2,1-2H3,(H2,11,12)(H,17,18). The summed E-state index contributed by atoms with van der Waals surface area (Å²) >= 11 is 1.09. The van der Waals surface area contributed by atoms with Crippen LogP contribution in [0.15, 0.2) is 11.4 Å². The molecule has 2 aromatic rings. The largest absolute Gasteiger partial charge is 0.481 e. The molecule has 0 radical (unpaired) electrons. The van der Waals surface area contributed by atoms with E-state index in [-0.39, 0.29) is 11.7 Å². The molecule has 0 spiro atoms. The van der Waals surface area contributed by atoms with Gasteiger partial charge in [0.25, 0.3) is 0 Å². The molecular weight excluding hydrogens is 268 g/mol. The number of hydrogen-bond donors (Lipinski definition) is 2. The van der Waals surface area contributed by atoms with E-state index in [1.54, 1.807) is 9.25 Å². The van der Waals surface area contributed by atoms with E-state index in [0.29, 0.717) is 11.7 Å². The number of aliphatic carboxylic acids is 1. The smallest absolute Gasteiger partial charge is 0.313 e. The van der Waals surface area contributed by atoms with Gasteiger partial charge in [-0.3, -0.25) is 14.0 Å². The maximum Gasteiger partial charge on any atom is 0.313 e. The van der Waals surface area contributed by atoms with Crippen molar-refractivity contribution in [3.8, 4) is 0 Å². The van der Waals surface area contributed by atoms with Crippen LogP contribution in [0.2, 0.25) is 0 Å². The maximum absolute atomic E-state index is 10.6. The van der Waals surface area contributed by atoms with Gasteiger partial charge in [-0.25, -0.2) is 0 Å². The van der Waals surface area contributed by atoms with Gasteiger partial charge in [0, 0.05) is 18.8 Å². The molecule has 0 fully saturated rings. The number of aromatic nitrogens is 5. The third-order valence-corrected chi connectivity index (χ3v) is 3.47. The Bertz CT molecular complexity index is 605. The molecule has 0 saturated heterocycles. The molecule has 19 heavy (non-hydrogen) atoms. The molecule has 0 aliphatic heterocycles. The van der Waals surface area contributed by atoms with Gasteiger partial charge in [-0.2, -0.15) is 5.10 Å². The second-order valence-corrected chi connectivity index (χ2v) is 4.97. The van der Waals surface area contributed by atoms with E-state index in [1.807, 2.05) is 20.2 Å². The van der Waals surface area contributed by atoms with E-state index in [0.717, 1.165) is 23.0 Å². The van der Waals surface area contributed by atoms with Crippen molar-refractivity contribution < 1.29 is 9.90 Å². The van der Waals surface area contributed by atoms with Gasteiger partial charge in [0.2, 0.25) is 5.95 Å². The second kappa shape index (κ2) is 5.31. The highest BCUT2D eigenvalue weighted by Gasteiger charge is 2.14. The number of carbonyl (C=O) groups is 1. The Labute approximate surface area is 113 Å². The Morgan fingerprint density at radius 3 is 2.84 bits per heavy atom. The summed E-state index contributed by atoms with van der Waals surface area (Å²) in [5.41, 5.74) is 7.64. The van der Waals surface area contributed by atoms with Crippen molar-refractivity contribution >= 4 is 23.7 Å². The van der Waals surface area contributed by atoms with Crippen molar-refractivity contribution in [2.24, 2.45) is 7.05 Å². The van der Waals surface area contributed by atoms with Gasteiger partial charge >= 0.3 is 5.97 Å². The van der Waals surface area contributed by atoms with Gasteiger partial charge < -0.3 is 10.8 Å². The summed E-state index contributed by atoms with van der Waals surface area (Å²) in [6.07, 6.45) is 1.89. The maximum atomic E-state index is 10.6. The van der Waals surface area contributed by atoms with Gasteiger partial charge in [-0.1, -0.05) is 11.8 Å². The SMILES string of the molecule is Cc1nn(C)cc1Cn1c(N)nnc1SCC(=O)O. The number of thioether (sulfide) groups is 1. The summed E-state index contributed by atoms with van der Waals surface area (Å²) in [4.78, 5) is 10.6. The van der Waals surface area contributed by atoms with Crippen LogP contribution in [0.25, 0.3) is 0 Å². The van der Waals surface area contributed by atoms with E-state index in [9.17, 15) is 4.79 Å². The lowest BCUT2D eigenvalue weighted by Crippen LogP contribution is -2.07. The zero-order valence-electron chi connectivity index (χ0n) is 10.6. The Hall–Kier alpha value is -2.03. The van der Waals surface area contributed by atoms with Crippen LogP contribution < -0.4 is 5.73 Å². The molecule has 0 aliphatic rings. The minimum Gasteiger partial charge on any atom is -0.481 e. The van der Waals surface area contributed by atoms with Crippen LogP contribution in [0.1, 0.15) is 11.3 Å². The second-order valence-electron chi connectivity index (χ2n) is 4.02. The predicted octanol–water partition coefficient (Wildman–Crippen LogP) is 0.127. The topological polar surface area (TPSA) is 112 Å². The van der Waals surface area contributed by atoms with Gasteiger partial charge in [-0.05, 0) is 6.92 Å². The van der Waals surface area contributed by atoms with E-state index in [1.165, 1.54) is 0 Å². The Balaban J connectivity index is 2.21. The fraction of sp³-hybridized carbons (Fsp3) is 0.400. The summed E-state index contributed by atoms with van der Waals surface area (Å²) in [7, 11) is 1.84. The highest BCUT2D eigenvalue weighted by Crippen LogP contribution is 2.20. The normalized spacial score (nSPS) is 10.8. The molecule has 102 valence electrons. The van der Waals surface area contributed by atoms with Crippen molar-refractivity contribution in [2.45, 2.75) is 18.6 Å². The van der Waals surface area contributed by atoms with Crippen LogP contribution in [0.5, 0.6) is 0 Å². The van der Waals surface area contributed by atoms with Crippen molar-refractivity contribution in [1.29, 1.82) is 0 Å². The first kappa shape index (κ1) is 13.4. The molecule has 0 aromatic carbocycles. The number of aryl methyl sites for hydroxylation is 2. The van der Waals surface area contributed by atoms with Crippen molar-refractivity contribution in [2.75, 3.05) is 11.5 Å². The monoisotopic (exact) mass is 282 g/mol. The zero-order valence-corrected chi connectivity index (χ0v) is 11.4. The molecule has 2 aromatic heterocycles. The Morgan fingerprint density at radius 2 is 2.26 bits per heavy atom. The summed E-state index contributed by atoms with van der Waals surface area (Å²) in [6.45, 7) is 2.38. The molecule has 8 nitrogen and oxygen atoms in total. The molecule has 0 atom stereocenters. The molecule has 2 heterocycles. The minimum atomic E-state index is -0.907. The predicted molar refractivity (Wildman–Crippen MR) is 69.8 cm³/mol. The molecule has 3 N–H and O–H groups in total.